The lowest BCUT2D eigenvalue weighted by Gasteiger charge is -2.13. The van der Waals surface area contributed by atoms with Crippen LogP contribution in [0.5, 0.6) is 5.75 Å². The van der Waals surface area contributed by atoms with Crippen LogP contribution in [-0.4, -0.2) is 43.3 Å². The number of halogens is 1. The molecule has 0 aliphatic heterocycles. The molecule has 0 unspecified atom stereocenters. The van der Waals surface area contributed by atoms with Crippen molar-refractivity contribution in [3.05, 3.63) is 89.7 Å². The van der Waals surface area contributed by atoms with Crippen LogP contribution in [0.15, 0.2) is 72.8 Å². The Balaban J connectivity index is 1.68. The van der Waals surface area contributed by atoms with Crippen LogP contribution in [-0.2, 0) is 4.79 Å². The summed E-state index contributed by atoms with van der Waals surface area (Å²) in [6.45, 7) is -0.411. The molecule has 8 heteroatoms. The van der Waals surface area contributed by atoms with Crippen LogP contribution in [0.2, 0.25) is 0 Å². The topological polar surface area (TPSA) is 87.7 Å². The van der Waals surface area contributed by atoms with Gasteiger partial charge in [-0.05, 0) is 42.5 Å². The first-order valence-electron chi connectivity index (χ1n) is 9.74. The summed E-state index contributed by atoms with van der Waals surface area (Å²) in [6, 6.07) is 18.8. The number of carbonyl (C=O) groups excluding carboxylic acids is 3. The Morgan fingerprint density at radius 2 is 1.62 bits per heavy atom. The minimum atomic E-state index is -0.569. The molecule has 0 saturated heterocycles. The number of hydrogen-bond acceptors (Lipinski definition) is 4. The van der Waals surface area contributed by atoms with E-state index in [-0.39, 0.29) is 22.9 Å². The largest absolute Gasteiger partial charge is 0.483 e. The van der Waals surface area contributed by atoms with Crippen molar-refractivity contribution in [2.45, 2.75) is 0 Å². The maximum Gasteiger partial charge on any atom is 0.262 e. The number of carbonyl (C=O) groups is 3. The molecule has 3 aromatic rings. The molecule has 3 rings (SSSR count). The lowest BCUT2D eigenvalue weighted by Crippen LogP contribution is -2.22. The van der Waals surface area contributed by atoms with Gasteiger partial charge in [-0.2, -0.15) is 0 Å². The summed E-state index contributed by atoms with van der Waals surface area (Å²) in [7, 11) is 3.28. The molecule has 0 spiro atoms. The summed E-state index contributed by atoms with van der Waals surface area (Å²) < 4.78 is 19.2. The number of amides is 3. The molecule has 0 bridgehead atoms. The van der Waals surface area contributed by atoms with Gasteiger partial charge in [0.05, 0.1) is 11.3 Å². The molecule has 0 aliphatic carbocycles. The van der Waals surface area contributed by atoms with Gasteiger partial charge in [0.25, 0.3) is 17.7 Å². The molecule has 3 aromatic carbocycles. The highest BCUT2D eigenvalue weighted by Crippen LogP contribution is 2.21. The van der Waals surface area contributed by atoms with Gasteiger partial charge < -0.3 is 20.3 Å². The van der Waals surface area contributed by atoms with Crippen LogP contribution in [0.25, 0.3) is 0 Å². The quantitative estimate of drug-likeness (QED) is 0.591. The normalized spacial score (nSPS) is 10.2. The molecule has 0 atom stereocenters. The molecule has 2 N–H and O–H groups in total. The summed E-state index contributed by atoms with van der Waals surface area (Å²) in [4.78, 5) is 38.5. The first-order chi connectivity index (χ1) is 15.3. The smallest absolute Gasteiger partial charge is 0.262 e. The minimum absolute atomic E-state index is 0.0410. The average molecular weight is 435 g/mol. The lowest BCUT2D eigenvalue weighted by atomic mass is 10.1. The van der Waals surface area contributed by atoms with Gasteiger partial charge in [-0.1, -0.05) is 30.3 Å². The zero-order valence-electron chi connectivity index (χ0n) is 17.6. The molecule has 0 aromatic heterocycles. The lowest BCUT2D eigenvalue weighted by molar-refractivity contribution is -0.118. The van der Waals surface area contributed by atoms with Gasteiger partial charge in [-0.25, -0.2) is 4.39 Å². The molecule has 0 heterocycles. The first kappa shape index (κ1) is 22.5. The van der Waals surface area contributed by atoms with Crippen molar-refractivity contribution in [1.29, 1.82) is 0 Å². The fraction of sp³-hybridized carbons (Fsp3) is 0.125. The maximum absolute atomic E-state index is 13.7. The number of benzene rings is 3. The predicted octanol–water partition coefficient (Wildman–Crippen LogP) is 3.80. The van der Waals surface area contributed by atoms with Crippen molar-refractivity contribution in [2.75, 3.05) is 31.3 Å². The minimum Gasteiger partial charge on any atom is -0.483 e. The van der Waals surface area contributed by atoms with Crippen LogP contribution < -0.4 is 15.4 Å². The highest BCUT2D eigenvalue weighted by molar-refractivity contribution is 6.07. The van der Waals surface area contributed by atoms with Crippen LogP contribution in [0.1, 0.15) is 20.7 Å². The van der Waals surface area contributed by atoms with Gasteiger partial charge >= 0.3 is 0 Å². The zero-order valence-corrected chi connectivity index (χ0v) is 17.6. The Morgan fingerprint density at radius 1 is 0.906 bits per heavy atom. The van der Waals surface area contributed by atoms with E-state index in [1.165, 1.54) is 23.1 Å². The maximum atomic E-state index is 13.7. The fourth-order valence-electron chi connectivity index (χ4n) is 2.86. The third-order valence-electron chi connectivity index (χ3n) is 4.41. The van der Waals surface area contributed by atoms with E-state index in [1.54, 1.807) is 68.7 Å². The molecular formula is C24H22FN3O4. The molecule has 164 valence electrons. The number of hydrogen-bond donors (Lipinski definition) is 2. The van der Waals surface area contributed by atoms with Crippen LogP contribution in [0, 0.1) is 5.82 Å². The molecule has 3 amide bonds. The van der Waals surface area contributed by atoms with Crippen molar-refractivity contribution in [3.8, 4) is 5.75 Å². The highest BCUT2D eigenvalue weighted by Gasteiger charge is 2.15. The average Bonchev–Trinajstić information content (AvgIpc) is 2.79. The summed E-state index contributed by atoms with van der Waals surface area (Å²) in [5, 5.41) is 5.15. The van der Waals surface area contributed by atoms with E-state index < -0.39 is 24.2 Å². The number of ether oxygens (including phenoxy) is 1. The van der Waals surface area contributed by atoms with E-state index in [0.717, 1.165) is 0 Å². The Labute approximate surface area is 184 Å². The van der Waals surface area contributed by atoms with Gasteiger partial charge in [0.15, 0.2) is 6.61 Å². The third-order valence-corrected chi connectivity index (χ3v) is 4.41. The van der Waals surface area contributed by atoms with Crippen molar-refractivity contribution in [3.63, 3.8) is 0 Å². The molecule has 0 aliphatic rings. The molecule has 7 nitrogen and oxygen atoms in total. The predicted molar refractivity (Wildman–Crippen MR) is 119 cm³/mol. The highest BCUT2D eigenvalue weighted by atomic mass is 19.1. The fourth-order valence-corrected chi connectivity index (χ4v) is 2.86. The van der Waals surface area contributed by atoms with E-state index >= 15 is 0 Å². The number of nitrogens with one attached hydrogen (secondary N) is 2. The molecule has 0 saturated carbocycles. The molecule has 0 fully saturated rings. The molecule has 32 heavy (non-hydrogen) atoms. The zero-order chi connectivity index (χ0) is 23.1. The second kappa shape index (κ2) is 10.2. The number of para-hydroxylation sites is 2. The van der Waals surface area contributed by atoms with Gasteiger partial charge in [-0.3, -0.25) is 14.4 Å². The first-order valence-corrected chi connectivity index (χ1v) is 9.74. The number of anilines is 2. The van der Waals surface area contributed by atoms with Crippen molar-refractivity contribution >= 4 is 29.1 Å². The number of nitrogens with zero attached hydrogens (tertiary/aromatic N) is 1. The second-order valence-electron chi connectivity index (χ2n) is 7.05. The SMILES string of the molecule is CN(C)C(=O)c1cccc(NC(=O)c2ccccc2OCC(=O)Nc2ccccc2F)c1. The monoisotopic (exact) mass is 435 g/mol. The Kier molecular flexibility index (Phi) is 7.17. The Morgan fingerprint density at radius 3 is 2.38 bits per heavy atom. The van der Waals surface area contributed by atoms with E-state index in [2.05, 4.69) is 10.6 Å². The number of rotatable bonds is 7. The van der Waals surface area contributed by atoms with Crippen LogP contribution in [0.4, 0.5) is 15.8 Å². The van der Waals surface area contributed by atoms with E-state index in [0.29, 0.717) is 11.3 Å². The summed E-state index contributed by atoms with van der Waals surface area (Å²) in [5.74, 6) is -1.60. The van der Waals surface area contributed by atoms with Gasteiger partial charge in [-0.15, -0.1) is 0 Å². The van der Waals surface area contributed by atoms with Gasteiger partial charge in [0, 0.05) is 25.3 Å². The van der Waals surface area contributed by atoms with Crippen LogP contribution in [0.3, 0.4) is 0 Å². The third kappa shape index (κ3) is 5.69. The Bertz CT molecular complexity index is 1150. The molecular weight excluding hydrogens is 413 g/mol. The Hall–Kier alpha value is -4.20. The van der Waals surface area contributed by atoms with Gasteiger partial charge in [0.2, 0.25) is 0 Å². The van der Waals surface area contributed by atoms with Crippen molar-refractivity contribution in [1.82, 2.24) is 4.90 Å². The van der Waals surface area contributed by atoms with E-state index in [4.69, 9.17) is 4.74 Å². The molecule has 0 radical (unpaired) electrons. The standard InChI is InChI=1S/C24H22FN3O4/c1-28(2)24(31)16-8-7-9-17(14-16)26-23(30)18-10-3-6-13-21(18)32-15-22(29)27-20-12-5-4-11-19(20)25/h3-14H,15H2,1-2H3,(H,26,30)(H,27,29). The second-order valence-corrected chi connectivity index (χ2v) is 7.05. The van der Waals surface area contributed by atoms with E-state index in [9.17, 15) is 18.8 Å². The summed E-state index contributed by atoms with van der Waals surface area (Å²) in [6.07, 6.45) is 0. The van der Waals surface area contributed by atoms with Crippen LogP contribution >= 0.6 is 0 Å². The summed E-state index contributed by atoms with van der Waals surface area (Å²) in [5.41, 5.74) is 1.12. The van der Waals surface area contributed by atoms with Crippen molar-refractivity contribution < 1.29 is 23.5 Å². The van der Waals surface area contributed by atoms with Gasteiger partial charge in [0.1, 0.15) is 11.6 Å². The summed E-state index contributed by atoms with van der Waals surface area (Å²) >= 11 is 0. The van der Waals surface area contributed by atoms with Crippen molar-refractivity contribution in [2.24, 2.45) is 0 Å². The van der Waals surface area contributed by atoms with E-state index in [1.807, 2.05) is 0 Å².